The maximum Gasteiger partial charge on any atom is 0.167 e. The number of halogens is 1. The first kappa shape index (κ1) is 18.2. The second-order valence-corrected chi connectivity index (χ2v) is 6.40. The summed E-state index contributed by atoms with van der Waals surface area (Å²) in [7, 11) is 0. The van der Waals surface area contributed by atoms with E-state index in [4.69, 9.17) is 0 Å². The Bertz CT molecular complexity index is 469. The van der Waals surface area contributed by atoms with E-state index in [0.29, 0.717) is 5.78 Å². The third-order valence-corrected chi connectivity index (χ3v) is 4.35. The Morgan fingerprint density at radius 2 is 1.62 bits per heavy atom. The van der Waals surface area contributed by atoms with Crippen molar-refractivity contribution in [3.8, 4) is 0 Å². The average molecular weight is 310 g/mol. The molecule has 0 spiro atoms. The topological polar surface area (TPSA) is 20.3 Å². The first-order valence-corrected chi connectivity index (χ1v) is 7.83. The molecule has 3 heteroatoms. The Balaban J connectivity index is 0.00000220. The van der Waals surface area contributed by atoms with Crippen LogP contribution in [0.15, 0.2) is 12.1 Å². The van der Waals surface area contributed by atoms with Gasteiger partial charge in [-0.3, -0.25) is 4.79 Å². The highest BCUT2D eigenvalue weighted by molar-refractivity contribution is 6.00. The molecule has 1 aliphatic rings. The third kappa shape index (κ3) is 4.55. The molecule has 1 aliphatic heterocycles. The van der Waals surface area contributed by atoms with E-state index in [1.54, 1.807) is 0 Å². The standard InChI is InChI=1S/C18H27NO.ClH/c1-13-10-14(2)17(15(3)11-13)18(20)16(4)12-19-8-6-5-7-9-19;/h10-11,16H,5-9,12H2,1-4H3;1H. The fourth-order valence-electron chi connectivity index (χ4n) is 3.43. The number of nitrogens with zero attached hydrogens (tertiary/aromatic N) is 1. The van der Waals surface area contributed by atoms with Crippen LogP contribution in [0.2, 0.25) is 0 Å². The van der Waals surface area contributed by atoms with E-state index < -0.39 is 0 Å². The van der Waals surface area contributed by atoms with Crippen molar-refractivity contribution in [2.24, 2.45) is 5.92 Å². The minimum atomic E-state index is 0. The minimum Gasteiger partial charge on any atom is -0.303 e. The monoisotopic (exact) mass is 309 g/mol. The lowest BCUT2D eigenvalue weighted by molar-refractivity contribution is 0.0882. The van der Waals surface area contributed by atoms with Crippen molar-refractivity contribution in [2.75, 3.05) is 19.6 Å². The van der Waals surface area contributed by atoms with Gasteiger partial charge in [-0.2, -0.15) is 0 Å². The number of carbonyl (C=O) groups is 1. The van der Waals surface area contributed by atoms with E-state index in [1.165, 1.54) is 24.8 Å². The van der Waals surface area contributed by atoms with Gasteiger partial charge in [-0.25, -0.2) is 0 Å². The van der Waals surface area contributed by atoms with E-state index >= 15 is 0 Å². The van der Waals surface area contributed by atoms with Gasteiger partial charge in [0.15, 0.2) is 5.78 Å². The van der Waals surface area contributed by atoms with Crippen molar-refractivity contribution in [1.29, 1.82) is 0 Å². The molecular weight excluding hydrogens is 282 g/mol. The molecule has 1 aromatic rings. The van der Waals surface area contributed by atoms with Gasteiger partial charge >= 0.3 is 0 Å². The van der Waals surface area contributed by atoms with Crippen LogP contribution in [0.5, 0.6) is 0 Å². The number of ketones is 1. The lowest BCUT2D eigenvalue weighted by Gasteiger charge is -2.29. The molecule has 0 bridgehead atoms. The Hall–Kier alpha value is -0.860. The Morgan fingerprint density at radius 1 is 1.10 bits per heavy atom. The number of carbonyl (C=O) groups excluding carboxylic acids is 1. The second kappa shape index (κ2) is 7.95. The Labute approximate surface area is 135 Å². The summed E-state index contributed by atoms with van der Waals surface area (Å²) in [6.07, 6.45) is 3.90. The fourth-order valence-corrected chi connectivity index (χ4v) is 3.43. The summed E-state index contributed by atoms with van der Waals surface area (Å²) in [5, 5.41) is 0. The van der Waals surface area contributed by atoms with Gasteiger partial charge in [0.1, 0.15) is 0 Å². The van der Waals surface area contributed by atoms with Crippen LogP contribution in [0.1, 0.15) is 53.2 Å². The molecule has 21 heavy (non-hydrogen) atoms. The molecule has 1 saturated heterocycles. The number of Topliss-reactive ketones (excluding diaryl/α,β-unsaturated/α-hetero) is 1. The summed E-state index contributed by atoms with van der Waals surface area (Å²) in [5.41, 5.74) is 4.43. The third-order valence-electron chi connectivity index (χ3n) is 4.35. The molecule has 0 radical (unpaired) electrons. The van der Waals surface area contributed by atoms with Crippen molar-refractivity contribution >= 4 is 18.2 Å². The fraction of sp³-hybridized carbons (Fsp3) is 0.611. The van der Waals surface area contributed by atoms with E-state index in [-0.39, 0.29) is 18.3 Å². The predicted molar refractivity (Wildman–Crippen MR) is 91.7 cm³/mol. The summed E-state index contributed by atoms with van der Waals surface area (Å²) in [6, 6.07) is 4.24. The minimum absolute atomic E-state index is 0. The molecule has 1 unspecified atom stereocenters. The van der Waals surface area contributed by atoms with Crippen molar-refractivity contribution in [3.05, 3.63) is 34.4 Å². The molecule has 1 heterocycles. The normalized spacial score (nSPS) is 17.1. The molecule has 118 valence electrons. The molecular formula is C18H28ClNO. The van der Waals surface area contributed by atoms with Crippen LogP contribution in [-0.2, 0) is 0 Å². The van der Waals surface area contributed by atoms with Gasteiger partial charge in [0, 0.05) is 18.0 Å². The van der Waals surface area contributed by atoms with Crippen LogP contribution in [-0.4, -0.2) is 30.3 Å². The van der Waals surface area contributed by atoms with E-state index in [9.17, 15) is 4.79 Å². The highest BCUT2D eigenvalue weighted by atomic mass is 35.5. The van der Waals surface area contributed by atoms with Gasteiger partial charge in [0.25, 0.3) is 0 Å². The summed E-state index contributed by atoms with van der Waals surface area (Å²) in [6.45, 7) is 11.5. The van der Waals surface area contributed by atoms with Crippen molar-refractivity contribution in [1.82, 2.24) is 4.90 Å². The summed E-state index contributed by atoms with van der Waals surface area (Å²) >= 11 is 0. The number of piperidine rings is 1. The van der Waals surface area contributed by atoms with Gasteiger partial charge in [0.2, 0.25) is 0 Å². The highest BCUT2D eigenvalue weighted by Crippen LogP contribution is 2.21. The Morgan fingerprint density at radius 3 is 2.14 bits per heavy atom. The first-order chi connectivity index (χ1) is 9.49. The maximum absolute atomic E-state index is 12.7. The molecule has 0 saturated carbocycles. The zero-order chi connectivity index (χ0) is 14.7. The summed E-state index contributed by atoms with van der Waals surface area (Å²) < 4.78 is 0. The highest BCUT2D eigenvalue weighted by Gasteiger charge is 2.22. The van der Waals surface area contributed by atoms with Gasteiger partial charge in [-0.15, -0.1) is 12.4 Å². The SMILES string of the molecule is Cc1cc(C)c(C(=O)C(C)CN2CCCCC2)c(C)c1.Cl. The quantitative estimate of drug-likeness (QED) is 0.771. The van der Waals surface area contributed by atoms with Crippen LogP contribution in [0.25, 0.3) is 0 Å². The van der Waals surface area contributed by atoms with Crippen LogP contribution < -0.4 is 0 Å². The van der Waals surface area contributed by atoms with Crippen molar-refractivity contribution in [3.63, 3.8) is 0 Å². The van der Waals surface area contributed by atoms with Crippen LogP contribution in [0, 0.1) is 26.7 Å². The number of rotatable bonds is 4. The van der Waals surface area contributed by atoms with Gasteiger partial charge in [0.05, 0.1) is 0 Å². The molecule has 1 fully saturated rings. The molecule has 1 aromatic carbocycles. The maximum atomic E-state index is 12.7. The Kier molecular flexibility index (Phi) is 6.89. The lowest BCUT2D eigenvalue weighted by atomic mass is 9.90. The van der Waals surface area contributed by atoms with Crippen LogP contribution in [0.4, 0.5) is 0 Å². The van der Waals surface area contributed by atoms with Crippen LogP contribution in [0.3, 0.4) is 0 Å². The lowest BCUT2D eigenvalue weighted by Crippen LogP contribution is -2.36. The predicted octanol–water partition coefficient (Wildman–Crippen LogP) is 4.34. The average Bonchev–Trinajstić information content (AvgIpc) is 2.38. The van der Waals surface area contributed by atoms with Crippen LogP contribution >= 0.6 is 12.4 Å². The number of hydrogen-bond donors (Lipinski definition) is 0. The molecule has 0 aliphatic carbocycles. The van der Waals surface area contributed by atoms with Gasteiger partial charge in [-0.1, -0.05) is 31.0 Å². The van der Waals surface area contributed by atoms with Gasteiger partial charge in [-0.05, 0) is 57.8 Å². The second-order valence-electron chi connectivity index (χ2n) is 6.40. The number of aryl methyl sites for hydroxylation is 3. The van der Waals surface area contributed by atoms with E-state index in [2.05, 4.69) is 44.7 Å². The summed E-state index contributed by atoms with van der Waals surface area (Å²) in [5.74, 6) is 0.402. The molecule has 0 aromatic heterocycles. The molecule has 0 amide bonds. The van der Waals surface area contributed by atoms with Crippen molar-refractivity contribution in [2.45, 2.75) is 47.0 Å². The number of likely N-dealkylation sites (tertiary alicyclic amines) is 1. The first-order valence-electron chi connectivity index (χ1n) is 7.83. The van der Waals surface area contributed by atoms with Crippen molar-refractivity contribution < 1.29 is 4.79 Å². The molecule has 0 N–H and O–H groups in total. The zero-order valence-corrected chi connectivity index (χ0v) is 14.6. The molecule has 1 atom stereocenters. The zero-order valence-electron chi connectivity index (χ0n) is 13.7. The smallest absolute Gasteiger partial charge is 0.167 e. The van der Waals surface area contributed by atoms with Gasteiger partial charge < -0.3 is 4.90 Å². The molecule has 2 nitrogen and oxygen atoms in total. The number of benzene rings is 1. The largest absolute Gasteiger partial charge is 0.303 e. The number of hydrogen-bond acceptors (Lipinski definition) is 2. The summed E-state index contributed by atoms with van der Waals surface area (Å²) in [4.78, 5) is 15.2. The molecule has 2 rings (SSSR count). The van der Waals surface area contributed by atoms with E-state index in [0.717, 1.165) is 36.3 Å². The van der Waals surface area contributed by atoms with E-state index in [1.807, 2.05) is 0 Å².